The Hall–Kier alpha value is -1.88. The van der Waals surface area contributed by atoms with E-state index < -0.39 is 0 Å². The first-order valence-corrected chi connectivity index (χ1v) is 7.29. The van der Waals surface area contributed by atoms with Crippen molar-refractivity contribution < 1.29 is 4.92 Å². The van der Waals surface area contributed by atoms with Crippen molar-refractivity contribution in [3.05, 3.63) is 55.3 Å². The quantitative estimate of drug-likeness (QED) is 0.652. The summed E-state index contributed by atoms with van der Waals surface area (Å²) >= 11 is 1.75. The van der Waals surface area contributed by atoms with Gasteiger partial charge in [0.2, 0.25) is 0 Å². The number of hydrogen-bond donors (Lipinski definition) is 1. The highest BCUT2D eigenvalue weighted by Gasteiger charge is 2.19. The van der Waals surface area contributed by atoms with Crippen LogP contribution < -0.4 is 5.32 Å². The van der Waals surface area contributed by atoms with Gasteiger partial charge in [-0.05, 0) is 45.4 Å². The number of aryl methyl sites for hydroxylation is 3. The van der Waals surface area contributed by atoms with Crippen LogP contribution in [0.3, 0.4) is 0 Å². The third-order valence-corrected chi connectivity index (χ3v) is 4.32. The van der Waals surface area contributed by atoms with Crippen LogP contribution >= 0.6 is 11.3 Å². The third kappa shape index (κ3) is 2.82. The predicted molar refractivity (Wildman–Crippen MR) is 83.7 cm³/mol. The normalized spacial score (nSPS) is 12.2. The number of nitro benzene ring substituents is 1. The largest absolute Gasteiger partial charge is 0.373 e. The molecule has 0 aliphatic heterocycles. The molecule has 106 valence electrons. The SMILES string of the molecule is Cc1cc(C(C)Nc2cccc(C)c2[N+](=O)[O-])c(C)s1. The molecular formula is C15H18N2O2S. The second-order valence-electron chi connectivity index (χ2n) is 4.96. The van der Waals surface area contributed by atoms with Gasteiger partial charge in [0, 0.05) is 21.4 Å². The first-order chi connectivity index (χ1) is 9.40. The van der Waals surface area contributed by atoms with Gasteiger partial charge < -0.3 is 5.32 Å². The summed E-state index contributed by atoms with van der Waals surface area (Å²) in [6, 6.07) is 7.53. The van der Waals surface area contributed by atoms with E-state index in [1.54, 1.807) is 30.4 Å². The minimum Gasteiger partial charge on any atom is -0.373 e. The van der Waals surface area contributed by atoms with Gasteiger partial charge in [0.25, 0.3) is 5.69 Å². The highest BCUT2D eigenvalue weighted by Crippen LogP contribution is 2.33. The van der Waals surface area contributed by atoms with E-state index in [4.69, 9.17) is 0 Å². The molecule has 0 saturated heterocycles. The predicted octanol–water partition coefficient (Wildman–Crippen LogP) is 4.75. The number of benzene rings is 1. The Kier molecular flexibility index (Phi) is 4.09. The molecule has 1 unspecified atom stereocenters. The molecule has 1 aromatic heterocycles. The van der Waals surface area contributed by atoms with E-state index in [1.807, 2.05) is 13.0 Å². The molecule has 1 heterocycles. The fraction of sp³-hybridized carbons (Fsp3) is 0.333. The molecule has 1 N–H and O–H groups in total. The summed E-state index contributed by atoms with van der Waals surface area (Å²) in [7, 11) is 0. The van der Waals surface area contributed by atoms with E-state index in [1.165, 1.54) is 15.3 Å². The average molecular weight is 290 g/mol. The van der Waals surface area contributed by atoms with Gasteiger partial charge >= 0.3 is 0 Å². The van der Waals surface area contributed by atoms with Gasteiger partial charge in [-0.15, -0.1) is 11.3 Å². The monoisotopic (exact) mass is 290 g/mol. The van der Waals surface area contributed by atoms with Crippen molar-refractivity contribution in [2.24, 2.45) is 0 Å². The molecule has 0 spiro atoms. The van der Waals surface area contributed by atoms with Crippen molar-refractivity contribution >= 4 is 22.7 Å². The van der Waals surface area contributed by atoms with Gasteiger partial charge in [-0.1, -0.05) is 12.1 Å². The van der Waals surface area contributed by atoms with Crippen molar-refractivity contribution in [1.29, 1.82) is 0 Å². The second-order valence-corrected chi connectivity index (χ2v) is 6.42. The zero-order valence-corrected chi connectivity index (χ0v) is 12.9. The molecule has 0 aliphatic rings. The van der Waals surface area contributed by atoms with Crippen LogP contribution in [-0.4, -0.2) is 4.92 Å². The fourth-order valence-electron chi connectivity index (χ4n) is 2.41. The summed E-state index contributed by atoms with van der Waals surface area (Å²) in [6.45, 7) is 7.94. The molecule has 0 bridgehead atoms. The molecule has 1 atom stereocenters. The van der Waals surface area contributed by atoms with Crippen molar-refractivity contribution in [1.82, 2.24) is 0 Å². The van der Waals surface area contributed by atoms with Crippen molar-refractivity contribution in [3.8, 4) is 0 Å². The molecule has 0 amide bonds. The lowest BCUT2D eigenvalue weighted by Gasteiger charge is -2.16. The number of nitrogens with zero attached hydrogens (tertiary/aromatic N) is 1. The standard InChI is InChI=1S/C15H18N2O2S/c1-9-6-5-7-14(15(9)17(18)19)16-11(3)13-8-10(2)20-12(13)4/h5-8,11,16H,1-4H3. The van der Waals surface area contributed by atoms with Gasteiger partial charge in [0.1, 0.15) is 5.69 Å². The van der Waals surface area contributed by atoms with Gasteiger partial charge in [0.05, 0.1) is 4.92 Å². The Bertz CT molecular complexity index is 649. The number of nitrogens with one attached hydrogen (secondary N) is 1. The Labute approximate surface area is 122 Å². The first kappa shape index (κ1) is 14.5. The minimum atomic E-state index is -0.323. The van der Waals surface area contributed by atoms with Crippen LogP contribution in [0.1, 0.15) is 33.8 Å². The molecule has 0 aliphatic carbocycles. The number of para-hydroxylation sites is 1. The van der Waals surface area contributed by atoms with E-state index in [0.29, 0.717) is 11.3 Å². The van der Waals surface area contributed by atoms with Gasteiger partial charge in [-0.3, -0.25) is 10.1 Å². The van der Waals surface area contributed by atoms with E-state index >= 15 is 0 Å². The molecule has 2 rings (SSSR count). The molecule has 0 fully saturated rings. The second kappa shape index (κ2) is 5.63. The van der Waals surface area contributed by atoms with E-state index in [-0.39, 0.29) is 16.7 Å². The van der Waals surface area contributed by atoms with Gasteiger partial charge in [0.15, 0.2) is 0 Å². The maximum Gasteiger partial charge on any atom is 0.295 e. The molecule has 0 radical (unpaired) electrons. The molecule has 5 heteroatoms. The van der Waals surface area contributed by atoms with E-state index in [2.05, 4.69) is 25.2 Å². The maximum absolute atomic E-state index is 11.2. The molecule has 0 saturated carbocycles. The Morgan fingerprint density at radius 1 is 1.30 bits per heavy atom. The molecule has 4 nitrogen and oxygen atoms in total. The third-order valence-electron chi connectivity index (χ3n) is 3.34. The van der Waals surface area contributed by atoms with E-state index in [0.717, 1.165) is 0 Å². The summed E-state index contributed by atoms with van der Waals surface area (Å²) in [5.41, 5.74) is 2.60. The zero-order chi connectivity index (χ0) is 14.9. The highest BCUT2D eigenvalue weighted by atomic mass is 32.1. The van der Waals surface area contributed by atoms with Crippen molar-refractivity contribution in [3.63, 3.8) is 0 Å². The van der Waals surface area contributed by atoms with Crippen LogP contribution in [0.5, 0.6) is 0 Å². The molecule has 1 aromatic carbocycles. The Morgan fingerprint density at radius 2 is 2.00 bits per heavy atom. The summed E-state index contributed by atoms with van der Waals surface area (Å²) < 4.78 is 0. The molecular weight excluding hydrogens is 272 g/mol. The first-order valence-electron chi connectivity index (χ1n) is 6.47. The number of rotatable bonds is 4. The van der Waals surface area contributed by atoms with Crippen LogP contribution in [0.25, 0.3) is 0 Å². The van der Waals surface area contributed by atoms with Crippen LogP contribution in [0.2, 0.25) is 0 Å². The highest BCUT2D eigenvalue weighted by molar-refractivity contribution is 7.12. The average Bonchev–Trinajstić information content (AvgIpc) is 2.68. The van der Waals surface area contributed by atoms with Crippen LogP contribution in [0, 0.1) is 30.9 Å². The molecule has 20 heavy (non-hydrogen) atoms. The summed E-state index contributed by atoms with van der Waals surface area (Å²) in [6.07, 6.45) is 0. The van der Waals surface area contributed by atoms with Crippen LogP contribution in [0.15, 0.2) is 24.3 Å². The Balaban J connectivity index is 2.33. The van der Waals surface area contributed by atoms with Crippen LogP contribution in [-0.2, 0) is 0 Å². The fourth-order valence-corrected chi connectivity index (χ4v) is 3.43. The van der Waals surface area contributed by atoms with E-state index in [9.17, 15) is 10.1 Å². The molecule has 2 aromatic rings. The smallest absolute Gasteiger partial charge is 0.295 e. The lowest BCUT2D eigenvalue weighted by Crippen LogP contribution is -2.09. The van der Waals surface area contributed by atoms with Crippen molar-refractivity contribution in [2.75, 3.05) is 5.32 Å². The number of thiophene rings is 1. The maximum atomic E-state index is 11.2. The van der Waals surface area contributed by atoms with Crippen LogP contribution in [0.4, 0.5) is 11.4 Å². The topological polar surface area (TPSA) is 55.2 Å². The van der Waals surface area contributed by atoms with Crippen molar-refractivity contribution in [2.45, 2.75) is 33.7 Å². The zero-order valence-electron chi connectivity index (χ0n) is 12.1. The van der Waals surface area contributed by atoms with Gasteiger partial charge in [-0.25, -0.2) is 0 Å². The summed E-state index contributed by atoms with van der Waals surface area (Å²) in [5.74, 6) is 0. The Morgan fingerprint density at radius 3 is 2.55 bits per heavy atom. The summed E-state index contributed by atoms with van der Waals surface area (Å²) in [5, 5.41) is 14.5. The lowest BCUT2D eigenvalue weighted by molar-refractivity contribution is -0.384. The number of anilines is 1. The number of nitro groups is 1. The van der Waals surface area contributed by atoms with Gasteiger partial charge in [-0.2, -0.15) is 0 Å². The number of hydrogen-bond acceptors (Lipinski definition) is 4. The summed E-state index contributed by atoms with van der Waals surface area (Å²) in [4.78, 5) is 13.4. The minimum absolute atomic E-state index is 0.0421. The lowest BCUT2D eigenvalue weighted by atomic mass is 10.1.